The van der Waals surface area contributed by atoms with E-state index in [0.29, 0.717) is 5.69 Å². The van der Waals surface area contributed by atoms with Gasteiger partial charge in [-0.3, -0.25) is 0 Å². The predicted molar refractivity (Wildman–Crippen MR) is 47.2 cm³/mol. The van der Waals surface area contributed by atoms with E-state index in [1.54, 1.807) is 6.92 Å². The van der Waals surface area contributed by atoms with Gasteiger partial charge in [0.15, 0.2) is 5.82 Å². The van der Waals surface area contributed by atoms with Gasteiger partial charge in [0.25, 0.3) is 0 Å². The zero-order valence-corrected chi connectivity index (χ0v) is 8.86. The van der Waals surface area contributed by atoms with Gasteiger partial charge in [0.1, 0.15) is 15.3 Å². The zero-order chi connectivity index (χ0) is 8.48. The molecule has 1 aromatic rings. The normalized spacial score (nSPS) is 11.6. The number of nitrogens with zero attached hydrogens (tertiary/aromatic N) is 2. The fourth-order valence-electron chi connectivity index (χ4n) is 0.636. The van der Waals surface area contributed by atoms with Crippen LogP contribution in [0.1, 0.15) is 12.6 Å². The van der Waals surface area contributed by atoms with E-state index < -0.39 is 9.05 Å². The Kier molecular flexibility index (Phi) is 2.59. The summed E-state index contributed by atoms with van der Waals surface area (Å²) in [4.78, 5) is 7.30. The second kappa shape index (κ2) is 3.15. The molecule has 1 aromatic heterocycles. The number of hydrogen-bond acceptors (Lipinski definition) is 2. The third kappa shape index (κ3) is 2.20. The lowest BCUT2D eigenvalue weighted by atomic mass is 10.3. The van der Waals surface area contributed by atoms with Gasteiger partial charge < -0.3 is 0 Å². The van der Waals surface area contributed by atoms with Gasteiger partial charge in [0.2, 0.25) is 0 Å². The van der Waals surface area contributed by atoms with Gasteiger partial charge in [0, 0.05) is 0 Å². The minimum absolute atomic E-state index is 0.299. The van der Waals surface area contributed by atoms with E-state index in [1.807, 2.05) is 0 Å². The molecule has 1 rings (SSSR count). The van der Waals surface area contributed by atoms with Crippen LogP contribution in [0.15, 0.2) is 12.5 Å². The Labute approximate surface area is 80.5 Å². The number of rotatable bonds is 1. The zero-order valence-electron chi connectivity index (χ0n) is 5.68. The summed E-state index contributed by atoms with van der Waals surface area (Å²) >= 11 is 6.45. The molecule has 0 radical (unpaired) electrons. The molecule has 1 heterocycles. The Bertz CT molecular complexity index is 259. The van der Waals surface area contributed by atoms with E-state index >= 15 is 0 Å². The molecule has 0 aromatic carbocycles. The molecule has 60 valence electrons. The van der Waals surface area contributed by atoms with Gasteiger partial charge in [-0.15, -0.1) is 0 Å². The molecule has 0 saturated carbocycles. The number of alkyl halides is 2. The Morgan fingerprint density at radius 1 is 1.55 bits per heavy atom. The maximum atomic E-state index is 12.9. The molecule has 5 heteroatoms. The van der Waals surface area contributed by atoms with Crippen LogP contribution in [0.25, 0.3) is 0 Å². The number of aromatic nitrogens is 2. The first kappa shape index (κ1) is 9.06. The van der Waals surface area contributed by atoms with Gasteiger partial charge in [-0.25, -0.2) is 14.4 Å². The number of hydrogen-bond donors (Lipinski definition) is 0. The van der Waals surface area contributed by atoms with E-state index in [4.69, 9.17) is 0 Å². The summed E-state index contributed by atoms with van der Waals surface area (Å²) in [5.41, 5.74) is 0.299. The predicted octanol–water partition coefficient (Wildman–Crippen LogP) is 2.58. The van der Waals surface area contributed by atoms with Crippen molar-refractivity contribution in [2.24, 2.45) is 0 Å². The van der Waals surface area contributed by atoms with Gasteiger partial charge in [0.05, 0.1) is 6.20 Å². The first-order chi connectivity index (χ1) is 5.02. The van der Waals surface area contributed by atoms with Gasteiger partial charge in [-0.05, 0) is 6.92 Å². The van der Waals surface area contributed by atoms with Crippen molar-refractivity contribution in [1.29, 1.82) is 0 Å². The SMILES string of the molecule is CC(Br)(Br)c1ncncc1F. The van der Waals surface area contributed by atoms with Crippen molar-refractivity contribution < 1.29 is 4.39 Å². The molecule has 0 fully saturated rings. The smallest absolute Gasteiger partial charge is 0.165 e. The van der Waals surface area contributed by atoms with E-state index in [0.717, 1.165) is 6.20 Å². The molecule has 0 bridgehead atoms. The van der Waals surface area contributed by atoms with Crippen LogP contribution in [-0.2, 0) is 3.23 Å². The van der Waals surface area contributed by atoms with E-state index in [-0.39, 0.29) is 0 Å². The van der Waals surface area contributed by atoms with E-state index in [2.05, 4.69) is 41.8 Å². The maximum Gasteiger partial charge on any atom is 0.165 e. The van der Waals surface area contributed by atoms with Crippen LogP contribution in [0, 0.1) is 5.82 Å². The third-order valence-corrected chi connectivity index (χ3v) is 1.83. The lowest BCUT2D eigenvalue weighted by molar-refractivity contribution is 0.589. The summed E-state index contributed by atoms with van der Waals surface area (Å²) in [6.07, 6.45) is 2.43. The fraction of sp³-hybridized carbons (Fsp3) is 0.333. The van der Waals surface area contributed by atoms with Crippen molar-refractivity contribution in [1.82, 2.24) is 9.97 Å². The van der Waals surface area contributed by atoms with Crippen LogP contribution in [0.3, 0.4) is 0 Å². The molecule has 2 nitrogen and oxygen atoms in total. The second-order valence-electron chi connectivity index (χ2n) is 2.11. The molecule has 0 amide bonds. The highest BCUT2D eigenvalue weighted by Gasteiger charge is 2.23. The summed E-state index contributed by atoms with van der Waals surface area (Å²) in [5, 5.41) is 0. The van der Waals surface area contributed by atoms with Crippen molar-refractivity contribution in [3.05, 3.63) is 24.0 Å². The molecule has 0 atom stereocenters. The highest BCUT2D eigenvalue weighted by molar-refractivity contribution is 9.24. The first-order valence-corrected chi connectivity index (χ1v) is 4.44. The summed E-state index contributed by atoms with van der Waals surface area (Å²) in [6, 6.07) is 0. The van der Waals surface area contributed by atoms with E-state index in [9.17, 15) is 4.39 Å². The fourth-order valence-corrected chi connectivity index (χ4v) is 1.22. The molecule has 0 saturated heterocycles. The molecular formula is C6H5Br2FN2. The summed E-state index contributed by atoms with van der Waals surface area (Å²) in [7, 11) is 0. The topological polar surface area (TPSA) is 25.8 Å². The quantitative estimate of drug-likeness (QED) is 0.741. The van der Waals surface area contributed by atoms with Gasteiger partial charge in [-0.2, -0.15) is 0 Å². The van der Waals surface area contributed by atoms with Crippen molar-refractivity contribution in [3.63, 3.8) is 0 Å². The van der Waals surface area contributed by atoms with Crippen molar-refractivity contribution in [2.75, 3.05) is 0 Å². The molecule has 0 aliphatic carbocycles. The van der Waals surface area contributed by atoms with Crippen LogP contribution in [0.4, 0.5) is 4.39 Å². The standard InChI is InChI=1S/C6H5Br2FN2/c1-6(7,8)5-4(9)2-10-3-11-5/h2-3H,1H3. The van der Waals surface area contributed by atoms with Crippen LogP contribution >= 0.6 is 31.9 Å². The van der Waals surface area contributed by atoms with Crippen LogP contribution in [0.5, 0.6) is 0 Å². The second-order valence-corrected chi connectivity index (χ2v) is 6.34. The molecule has 0 aliphatic heterocycles. The average molecular weight is 284 g/mol. The highest BCUT2D eigenvalue weighted by Crippen LogP contribution is 2.36. The molecule has 0 N–H and O–H groups in total. The summed E-state index contributed by atoms with van der Waals surface area (Å²) < 4.78 is 12.3. The molecule has 11 heavy (non-hydrogen) atoms. The van der Waals surface area contributed by atoms with Crippen LogP contribution in [0.2, 0.25) is 0 Å². The minimum atomic E-state index is -0.618. The molecular weight excluding hydrogens is 279 g/mol. The lowest BCUT2D eigenvalue weighted by Gasteiger charge is -2.12. The maximum absolute atomic E-state index is 12.9. The minimum Gasteiger partial charge on any atom is -0.242 e. The lowest BCUT2D eigenvalue weighted by Crippen LogP contribution is -2.08. The van der Waals surface area contributed by atoms with Crippen molar-refractivity contribution >= 4 is 31.9 Å². The molecule has 0 aliphatic rings. The van der Waals surface area contributed by atoms with Crippen LogP contribution < -0.4 is 0 Å². The summed E-state index contributed by atoms with van der Waals surface area (Å²) in [6.45, 7) is 1.75. The Morgan fingerprint density at radius 2 is 2.18 bits per heavy atom. The summed E-state index contributed by atoms with van der Waals surface area (Å²) in [5.74, 6) is -0.427. The van der Waals surface area contributed by atoms with E-state index in [1.165, 1.54) is 6.33 Å². The monoisotopic (exact) mass is 282 g/mol. The molecule has 0 unspecified atom stereocenters. The van der Waals surface area contributed by atoms with Crippen molar-refractivity contribution in [3.8, 4) is 0 Å². The van der Waals surface area contributed by atoms with Gasteiger partial charge >= 0.3 is 0 Å². The Hall–Kier alpha value is -0.0300. The largest absolute Gasteiger partial charge is 0.242 e. The Morgan fingerprint density at radius 3 is 2.55 bits per heavy atom. The number of halogens is 3. The highest BCUT2D eigenvalue weighted by atomic mass is 79.9. The Balaban J connectivity index is 3.14. The van der Waals surface area contributed by atoms with Crippen LogP contribution in [-0.4, -0.2) is 9.97 Å². The van der Waals surface area contributed by atoms with Crippen molar-refractivity contribution in [2.45, 2.75) is 10.2 Å². The first-order valence-electron chi connectivity index (χ1n) is 2.85. The third-order valence-electron chi connectivity index (χ3n) is 1.08. The molecule has 0 spiro atoms. The van der Waals surface area contributed by atoms with Gasteiger partial charge in [-0.1, -0.05) is 31.9 Å². The average Bonchev–Trinajstić information content (AvgIpc) is 1.86.